The zero-order valence-electron chi connectivity index (χ0n) is 12.6. The van der Waals surface area contributed by atoms with Gasteiger partial charge in [0, 0.05) is 19.6 Å². The largest absolute Gasteiger partial charge is 0.340 e. The van der Waals surface area contributed by atoms with E-state index in [2.05, 4.69) is 0 Å². The third-order valence-electron chi connectivity index (χ3n) is 4.51. The Morgan fingerprint density at radius 3 is 2.59 bits per heavy atom. The fourth-order valence-corrected chi connectivity index (χ4v) is 3.95. The molecule has 1 aromatic heterocycles. The summed E-state index contributed by atoms with van der Waals surface area (Å²) < 4.78 is 15.1. The molecule has 2 aliphatic heterocycles. The third-order valence-corrected chi connectivity index (χ3v) is 5.24. The molecule has 22 heavy (non-hydrogen) atoms. The van der Waals surface area contributed by atoms with Crippen molar-refractivity contribution < 1.29 is 14.0 Å². The lowest BCUT2D eigenvalue weighted by molar-refractivity contribution is -0.150. The van der Waals surface area contributed by atoms with E-state index in [1.54, 1.807) is 16.2 Å². The highest BCUT2D eigenvalue weighted by atomic mass is 32.1. The van der Waals surface area contributed by atoms with E-state index in [-0.39, 0.29) is 25.3 Å². The normalized spacial score (nSPS) is 25.5. The molecule has 120 valence electrons. The van der Waals surface area contributed by atoms with Crippen LogP contribution >= 0.6 is 11.3 Å². The van der Waals surface area contributed by atoms with E-state index in [0.29, 0.717) is 26.1 Å². The first-order chi connectivity index (χ1) is 10.6. The molecule has 0 aromatic carbocycles. The molecule has 6 heteroatoms. The molecule has 2 fully saturated rings. The molecule has 1 atom stereocenters. The van der Waals surface area contributed by atoms with Gasteiger partial charge in [0.25, 0.3) is 5.91 Å². The molecule has 4 nitrogen and oxygen atoms in total. The van der Waals surface area contributed by atoms with Gasteiger partial charge in [-0.2, -0.15) is 11.3 Å². The Kier molecular flexibility index (Phi) is 4.47. The fourth-order valence-electron chi connectivity index (χ4n) is 3.28. The zero-order valence-corrected chi connectivity index (χ0v) is 13.4. The average Bonchev–Trinajstić information content (AvgIpc) is 3.19. The number of piperidine rings is 1. The predicted octanol–water partition coefficient (Wildman–Crippen LogP) is 2.24. The van der Waals surface area contributed by atoms with Crippen LogP contribution < -0.4 is 0 Å². The lowest BCUT2D eigenvalue weighted by Crippen LogP contribution is -2.56. The molecular formula is C16H21FN2O2S. The van der Waals surface area contributed by atoms with Crippen molar-refractivity contribution >= 4 is 23.2 Å². The van der Waals surface area contributed by atoms with Gasteiger partial charge in [0.05, 0.1) is 13.0 Å². The van der Waals surface area contributed by atoms with Gasteiger partial charge in [-0.15, -0.1) is 0 Å². The summed E-state index contributed by atoms with van der Waals surface area (Å²) in [5.74, 6) is -0.507. The lowest BCUT2D eigenvalue weighted by Gasteiger charge is -2.38. The van der Waals surface area contributed by atoms with Crippen LogP contribution in [0.15, 0.2) is 16.8 Å². The number of carbonyl (C=O) groups is 2. The molecule has 1 unspecified atom stereocenters. The first-order valence-corrected chi connectivity index (χ1v) is 8.80. The minimum Gasteiger partial charge on any atom is -0.340 e. The summed E-state index contributed by atoms with van der Waals surface area (Å²) in [5.41, 5.74) is -0.941. The molecule has 1 aromatic rings. The van der Waals surface area contributed by atoms with Crippen molar-refractivity contribution in [1.82, 2.24) is 9.80 Å². The molecule has 2 saturated heterocycles. The Labute approximate surface area is 133 Å². The van der Waals surface area contributed by atoms with E-state index in [0.717, 1.165) is 18.4 Å². The van der Waals surface area contributed by atoms with Gasteiger partial charge in [-0.1, -0.05) is 0 Å². The zero-order chi connectivity index (χ0) is 15.6. The van der Waals surface area contributed by atoms with Crippen molar-refractivity contribution in [2.75, 3.05) is 26.2 Å². The van der Waals surface area contributed by atoms with Crippen LogP contribution in [0.1, 0.15) is 31.2 Å². The van der Waals surface area contributed by atoms with Gasteiger partial charge in [-0.05, 0) is 48.1 Å². The number of nitrogens with zero attached hydrogens (tertiary/aromatic N) is 2. The smallest absolute Gasteiger partial charge is 0.262 e. The van der Waals surface area contributed by atoms with Gasteiger partial charge in [0.15, 0.2) is 0 Å². The molecule has 0 bridgehead atoms. The number of halogens is 1. The van der Waals surface area contributed by atoms with Gasteiger partial charge < -0.3 is 9.80 Å². The minimum absolute atomic E-state index is 0.0886. The first kappa shape index (κ1) is 15.5. The highest BCUT2D eigenvalue weighted by Gasteiger charge is 2.46. The van der Waals surface area contributed by atoms with Crippen molar-refractivity contribution in [3.05, 3.63) is 22.4 Å². The summed E-state index contributed by atoms with van der Waals surface area (Å²) in [4.78, 5) is 27.9. The molecule has 2 aliphatic rings. The predicted molar refractivity (Wildman–Crippen MR) is 83.5 cm³/mol. The number of amides is 2. The van der Waals surface area contributed by atoms with E-state index in [4.69, 9.17) is 0 Å². The molecule has 0 radical (unpaired) electrons. The maximum Gasteiger partial charge on any atom is 0.262 e. The van der Waals surface area contributed by atoms with Crippen LogP contribution in [0.5, 0.6) is 0 Å². The quantitative estimate of drug-likeness (QED) is 0.855. The fraction of sp³-hybridized carbons (Fsp3) is 0.625. The topological polar surface area (TPSA) is 40.6 Å². The maximum atomic E-state index is 15.1. The summed E-state index contributed by atoms with van der Waals surface area (Å²) in [6.45, 7) is 1.74. The summed E-state index contributed by atoms with van der Waals surface area (Å²) >= 11 is 1.54. The van der Waals surface area contributed by atoms with Crippen molar-refractivity contribution in [2.45, 2.75) is 37.8 Å². The number of alkyl halides is 1. The third kappa shape index (κ3) is 3.16. The molecule has 2 amide bonds. The molecule has 0 N–H and O–H groups in total. The second-order valence-corrected chi connectivity index (χ2v) is 6.97. The summed E-state index contributed by atoms with van der Waals surface area (Å²) in [6, 6.07) is 1.91. The van der Waals surface area contributed by atoms with Crippen LogP contribution in [0.2, 0.25) is 0 Å². The monoisotopic (exact) mass is 324 g/mol. The van der Waals surface area contributed by atoms with E-state index in [9.17, 15) is 9.59 Å². The van der Waals surface area contributed by atoms with E-state index in [1.165, 1.54) is 4.90 Å². The van der Waals surface area contributed by atoms with Crippen molar-refractivity contribution in [3.8, 4) is 0 Å². The van der Waals surface area contributed by atoms with Crippen LogP contribution in [0.3, 0.4) is 0 Å². The van der Waals surface area contributed by atoms with Crippen LogP contribution in [-0.4, -0.2) is 53.5 Å². The van der Waals surface area contributed by atoms with Gasteiger partial charge >= 0.3 is 0 Å². The van der Waals surface area contributed by atoms with Crippen molar-refractivity contribution in [3.63, 3.8) is 0 Å². The minimum atomic E-state index is -1.90. The molecular weight excluding hydrogens is 303 g/mol. The molecule has 3 rings (SSSR count). The van der Waals surface area contributed by atoms with Gasteiger partial charge in [-0.25, -0.2) is 4.39 Å². The Morgan fingerprint density at radius 1 is 1.18 bits per heavy atom. The number of carbonyl (C=O) groups excluding carboxylic acids is 2. The van der Waals surface area contributed by atoms with Gasteiger partial charge in [0.1, 0.15) is 0 Å². The summed E-state index contributed by atoms with van der Waals surface area (Å²) in [6.07, 6.45) is 2.96. The van der Waals surface area contributed by atoms with Gasteiger partial charge in [-0.3, -0.25) is 9.59 Å². The van der Waals surface area contributed by atoms with Crippen LogP contribution in [0.25, 0.3) is 0 Å². The summed E-state index contributed by atoms with van der Waals surface area (Å²) in [7, 11) is 0. The Hall–Kier alpha value is -1.43. The second kappa shape index (κ2) is 6.36. The molecule has 3 heterocycles. The lowest BCUT2D eigenvalue weighted by atomic mass is 9.92. The molecule has 0 saturated carbocycles. The Morgan fingerprint density at radius 2 is 1.91 bits per heavy atom. The van der Waals surface area contributed by atoms with E-state index >= 15 is 4.39 Å². The number of rotatable bonds is 3. The Bertz CT molecular complexity index is 542. The highest BCUT2D eigenvalue weighted by Crippen LogP contribution is 2.29. The number of hydrogen-bond donors (Lipinski definition) is 0. The molecule has 0 aliphatic carbocycles. The standard InChI is InChI=1S/C16H21FN2O2S/c17-16(15(21)18-6-1-2-7-18)5-3-8-19(12-16)14(20)10-13-4-9-22-11-13/h4,9,11H,1-3,5-8,10,12H2. The average molecular weight is 324 g/mol. The Balaban J connectivity index is 1.65. The van der Waals surface area contributed by atoms with Gasteiger partial charge in [0.2, 0.25) is 11.6 Å². The SMILES string of the molecule is O=C(Cc1ccsc1)N1CCCC(F)(C(=O)N2CCCC2)C1. The second-order valence-electron chi connectivity index (χ2n) is 6.19. The number of likely N-dealkylation sites (tertiary alicyclic amines) is 2. The van der Waals surface area contributed by atoms with Crippen LogP contribution in [-0.2, 0) is 16.0 Å². The van der Waals surface area contributed by atoms with E-state index < -0.39 is 11.6 Å². The number of thiophene rings is 1. The maximum absolute atomic E-state index is 15.1. The van der Waals surface area contributed by atoms with Crippen LogP contribution in [0, 0.1) is 0 Å². The summed E-state index contributed by atoms with van der Waals surface area (Å²) in [5, 5.41) is 3.86. The highest BCUT2D eigenvalue weighted by molar-refractivity contribution is 7.07. The number of hydrogen-bond acceptors (Lipinski definition) is 3. The first-order valence-electron chi connectivity index (χ1n) is 7.86. The van der Waals surface area contributed by atoms with Crippen molar-refractivity contribution in [1.29, 1.82) is 0 Å². The van der Waals surface area contributed by atoms with E-state index in [1.807, 2.05) is 16.8 Å². The van der Waals surface area contributed by atoms with Crippen LogP contribution in [0.4, 0.5) is 4.39 Å². The van der Waals surface area contributed by atoms with Crippen molar-refractivity contribution in [2.24, 2.45) is 0 Å². The molecule has 0 spiro atoms.